The van der Waals surface area contributed by atoms with Crippen LogP contribution in [0.3, 0.4) is 0 Å². The van der Waals surface area contributed by atoms with Gasteiger partial charge < -0.3 is 19.7 Å². The van der Waals surface area contributed by atoms with E-state index in [1.165, 1.54) is 0 Å². The lowest BCUT2D eigenvalue weighted by molar-refractivity contribution is 0.00394. The lowest BCUT2D eigenvalue weighted by Crippen LogP contribution is -2.43. The summed E-state index contributed by atoms with van der Waals surface area (Å²) in [5, 5.41) is 3.27. The van der Waals surface area contributed by atoms with E-state index in [0.29, 0.717) is 32.3 Å². The van der Waals surface area contributed by atoms with Crippen LogP contribution in [0.2, 0.25) is 0 Å². The molecule has 2 fully saturated rings. The molecule has 0 aromatic carbocycles. The number of nitrogens with zero attached hydrogens (tertiary/aromatic N) is 1. The van der Waals surface area contributed by atoms with Crippen LogP contribution in [0.4, 0.5) is 4.79 Å². The van der Waals surface area contributed by atoms with Crippen molar-refractivity contribution in [1.29, 1.82) is 0 Å². The van der Waals surface area contributed by atoms with Gasteiger partial charge in [-0.05, 0) is 32.7 Å². The zero-order chi connectivity index (χ0) is 12.1. The standard InChI is InChI=1S/C12H22N2O3/c1-13-10-2-4-11(5-3-10)17-12(15)14-6-8-16-9-7-14/h10-11,13H,2-9H2,1H3. The second-order valence-corrected chi connectivity index (χ2v) is 4.75. The van der Waals surface area contributed by atoms with Crippen molar-refractivity contribution < 1.29 is 14.3 Å². The van der Waals surface area contributed by atoms with Gasteiger partial charge in [0.15, 0.2) is 0 Å². The molecule has 0 bridgehead atoms. The van der Waals surface area contributed by atoms with Crippen molar-refractivity contribution in [2.45, 2.75) is 37.8 Å². The summed E-state index contributed by atoms with van der Waals surface area (Å²) in [6.45, 7) is 2.57. The van der Waals surface area contributed by atoms with E-state index in [0.717, 1.165) is 25.7 Å². The Balaban J connectivity index is 1.71. The first-order valence-electron chi connectivity index (χ1n) is 6.50. The number of nitrogens with one attached hydrogen (secondary N) is 1. The van der Waals surface area contributed by atoms with E-state index in [2.05, 4.69) is 5.32 Å². The van der Waals surface area contributed by atoms with Crippen LogP contribution in [0, 0.1) is 0 Å². The van der Waals surface area contributed by atoms with Crippen LogP contribution >= 0.6 is 0 Å². The fraction of sp³-hybridized carbons (Fsp3) is 0.917. The fourth-order valence-electron chi connectivity index (χ4n) is 2.43. The number of rotatable bonds is 2. The maximum absolute atomic E-state index is 11.8. The van der Waals surface area contributed by atoms with Gasteiger partial charge in [-0.2, -0.15) is 0 Å². The van der Waals surface area contributed by atoms with Gasteiger partial charge in [0.25, 0.3) is 0 Å². The molecular weight excluding hydrogens is 220 g/mol. The highest BCUT2D eigenvalue weighted by Crippen LogP contribution is 2.21. The summed E-state index contributed by atoms with van der Waals surface area (Å²) in [6.07, 6.45) is 4.08. The topological polar surface area (TPSA) is 50.8 Å². The number of carbonyl (C=O) groups excluding carboxylic acids is 1. The first kappa shape index (κ1) is 12.6. The van der Waals surface area contributed by atoms with Gasteiger partial charge in [-0.1, -0.05) is 0 Å². The Labute approximate surface area is 102 Å². The Morgan fingerprint density at radius 1 is 1.24 bits per heavy atom. The summed E-state index contributed by atoms with van der Waals surface area (Å²) >= 11 is 0. The fourth-order valence-corrected chi connectivity index (χ4v) is 2.43. The molecule has 1 heterocycles. The third-order valence-corrected chi connectivity index (χ3v) is 3.62. The van der Waals surface area contributed by atoms with Crippen molar-refractivity contribution in [2.75, 3.05) is 33.4 Å². The Hall–Kier alpha value is -0.810. The van der Waals surface area contributed by atoms with Crippen LogP contribution in [-0.4, -0.2) is 56.5 Å². The Morgan fingerprint density at radius 2 is 1.88 bits per heavy atom. The zero-order valence-corrected chi connectivity index (χ0v) is 10.5. The lowest BCUT2D eigenvalue weighted by Gasteiger charge is -2.31. The van der Waals surface area contributed by atoms with Crippen LogP contribution in [-0.2, 0) is 9.47 Å². The molecule has 5 nitrogen and oxygen atoms in total. The average Bonchev–Trinajstić information content (AvgIpc) is 2.40. The van der Waals surface area contributed by atoms with Gasteiger partial charge in [-0.25, -0.2) is 4.79 Å². The number of ether oxygens (including phenoxy) is 2. The van der Waals surface area contributed by atoms with Gasteiger partial charge in [-0.3, -0.25) is 0 Å². The molecule has 2 rings (SSSR count). The SMILES string of the molecule is CNC1CCC(OC(=O)N2CCOCC2)CC1. The van der Waals surface area contributed by atoms with Crippen molar-refractivity contribution in [3.05, 3.63) is 0 Å². The lowest BCUT2D eigenvalue weighted by atomic mass is 9.93. The molecule has 17 heavy (non-hydrogen) atoms. The van der Waals surface area contributed by atoms with Crippen molar-refractivity contribution in [2.24, 2.45) is 0 Å². The van der Waals surface area contributed by atoms with Gasteiger partial charge in [0.1, 0.15) is 6.10 Å². The highest BCUT2D eigenvalue weighted by atomic mass is 16.6. The third kappa shape index (κ3) is 3.57. The summed E-state index contributed by atoms with van der Waals surface area (Å²) in [6, 6.07) is 0.591. The number of hydrogen-bond acceptors (Lipinski definition) is 4. The predicted octanol–water partition coefficient (Wildman–Crippen LogP) is 0.986. The first-order valence-corrected chi connectivity index (χ1v) is 6.50. The smallest absolute Gasteiger partial charge is 0.410 e. The van der Waals surface area contributed by atoms with Crippen molar-refractivity contribution in [3.63, 3.8) is 0 Å². The molecule has 0 unspecified atom stereocenters. The predicted molar refractivity (Wildman–Crippen MR) is 64.0 cm³/mol. The molecule has 0 aromatic rings. The van der Waals surface area contributed by atoms with Crippen molar-refractivity contribution in [1.82, 2.24) is 10.2 Å². The first-order chi connectivity index (χ1) is 8.29. The molecule has 2 aliphatic rings. The summed E-state index contributed by atoms with van der Waals surface area (Å²) in [4.78, 5) is 13.6. The van der Waals surface area contributed by atoms with E-state index in [1.807, 2.05) is 7.05 Å². The number of carbonyl (C=O) groups is 1. The monoisotopic (exact) mass is 242 g/mol. The highest BCUT2D eigenvalue weighted by molar-refractivity contribution is 5.67. The Kier molecular flexibility index (Phi) is 4.62. The molecule has 1 aliphatic carbocycles. The summed E-state index contributed by atoms with van der Waals surface area (Å²) < 4.78 is 10.7. The molecular formula is C12H22N2O3. The van der Waals surface area contributed by atoms with Crippen LogP contribution in [0.5, 0.6) is 0 Å². The van der Waals surface area contributed by atoms with Gasteiger partial charge >= 0.3 is 6.09 Å². The van der Waals surface area contributed by atoms with Crippen LogP contribution in [0.25, 0.3) is 0 Å². The van der Waals surface area contributed by atoms with Gasteiger partial charge in [0.05, 0.1) is 13.2 Å². The molecule has 0 atom stereocenters. The molecule has 5 heteroatoms. The van der Waals surface area contributed by atoms with E-state index < -0.39 is 0 Å². The molecule has 1 saturated heterocycles. The van der Waals surface area contributed by atoms with Crippen molar-refractivity contribution >= 4 is 6.09 Å². The van der Waals surface area contributed by atoms with Gasteiger partial charge in [0, 0.05) is 19.1 Å². The van der Waals surface area contributed by atoms with Gasteiger partial charge in [0.2, 0.25) is 0 Å². The Morgan fingerprint density at radius 3 is 2.47 bits per heavy atom. The molecule has 1 amide bonds. The van der Waals surface area contributed by atoms with E-state index >= 15 is 0 Å². The normalized spacial score (nSPS) is 30.1. The molecule has 0 aromatic heterocycles. The summed E-state index contributed by atoms with van der Waals surface area (Å²) in [5.74, 6) is 0. The molecule has 1 N–H and O–H groups in total. The number of hydrogen-bond donors (Lipinski definition) is 1. The minimum atomic E-state index is -0.166. The average molecular weight is 242 g/mol. The molecule has 98 valence electrons. The van der Waals surface area contributed by atoms with E-state index in [9.17, 15) is 4.79 Å². The summed E-state index contributed by atoms with van der Waals surface area (Å²) in [5.41, 5.74) is 0. The highest BCUT2D eigenvalue weighted by Gasteiger charge is 2.25. The van der Waals surface area contributed by atoms with E-state index in [-0.39, 0.29) is 12.2 Å². The maximum atomic E-state index is 11.8. The van der Waals surface area contributed by atoms with Gasteiger partial charge in [-0.15, -0.1) is 0 Å². The maximum Gasteiger partial charge on any atom is 0.410 e. The quantitative estimate of drug-likeness (QED) is 0.784. The third-order valence-electron chi connectivity index (χ3n) is 3.62. The second kappa shape index (κ2) is 6.21. The molecule has 0 spiro atoms. The zero-order valence-electron chi connectivity index (χ0n) is 10.5. The van der Waals surface area contributed by atoms with E-state index in [1.54, 1.807) is 4.90 Å². The second-order valence-electron chi connectivity index (χ2n) is 4.75. The van der Waals surface area contributed by atoms with E-state index in [4.69, 9.17) is 9.47 Å². The molecule has 1 saturated carbocycles. The largest absolute Gasteiger partial charge is 0.446 e. The van der Waals surface area contributed by atoms with Crippen LogP contribution in [0.1, 0.15) is 25.7 Å². The van der Waals surface area contributed by atoms with Crippen LogP contribution in [0.15, 0.2) is 0 Å². The minimum Gasteiger partial charge on any atom is -0.446 e. The number of morpholine rings is 1. The minimum absolute atomic E-state index is 0.106. The van der Waals surface area contributed by atoms with Crippen molar-refractivity contribution in [3.8, 4) is 0 Å². The molecule has 0 radical (unpaired) electrons. The molecule has 1 aliphatic heterocycles. The Bertz CT molecular complexity index is 246. The van der Waals surface area contributed by atoms with Crippen LogP contribution < -0.4 is 5.32 Å². The summed E-state index contributed by atoms with van der Waals surface area (Å²) in [7, 11) is 1.99. The number of amides is 1.